The summed E-state index contributed by atoms with van der Waals surface area (Å²) < 4.78 is 17.7. The molecule has 1 fully saturated rings. The highest BCUT2D eigenvalue weighted by atomic mass is 79.9. The van der Waals surface area contributed by atoms with Gasteiger partial charge in [-0.1, -0.05) is 34.1 Å². The number of pyridine rings is 1. The fourth-order valence-electron chi connectivity index (χ4n) is 4.21. The van der Waals surface area contributed by atoms with Crippen molar-refractivity contribution in [3.05, 3.63) is 112 Å². The molecule has 2 unspecified atom stereocenters. The van der Waals surface area contributed by atoms with Gasteiger partial charge in [-0.25, -0.2) is 4.39 Å². The van der Waals surface area contributed by atoms with Crippen LogP contribution in [0.2, 0.25) is 0 Å². The molecule has 1 N–H and O–H groups in total. The lowest BCUT2D eigenvalue weighted by Crippen LogP contribution is -2.30. The molecular formula is C25H20BrFN4S. The maximum absolute atomic E-state index is 14.7. The first-order chi connectivity index (χ1) is 15.5. The van der Waals surface area contributed by atoms with E-state index in [0.717, 1.165) is 27.1 Å². The third-order valence-corrected chi connectivity index (χ3v) is 6.92. The third-order valence-electron chi connectivity index (χ3n) is 5.71. The van der Waals surface area contributed by atoms with Gasteiger partial charge in [-0.15, -0.1) is 0 Å². The molecule has 4 nitrogen and oxygen atoms in total. The molecule has 160 valence electrons. The smallest absolute Gasteiger partial charge is 0.174 e. The highest BCUT2D eigenvalue weighted by Gasteiger charge is 2.42. The van der Waals surface area contributed by atoms with Crippen LogP contribution in [0.3, 0.4) is 0 Å². The molecule has 7 heteroatoms. The number of nitrogens with one attached hydrogen (secondary N) is 1. The van der Waals surface area contributed by atoms with E-state index < -0.39 is 0 Å². The van der Waals surface area contributed by atoms with Crippen molar-refractivity contribution in [1.29, 1.82) is 0 Å². The zero-order valence-corrected chi connectivity index (χ0v) is 19.6. The van der Waals surface area contributed by atoms with Crippen LogP contribution >= 0.6 is 28.1 Å². The average Bonchev–Trinajstić information content (AvgIpc) is 3.41. The van der Waals surface area contributed by atoms with Crippen LogP contribution in [-0.4, -0.2) is 14.7 Å². The predicted octanol–water partition coefficient (Wildman–Crippen LogP) is 6.26. The van der Waals surface area contributed by atoms with Gasteiger partial charge in [-0.3, -0.25) is 4.98 Å². The van der Waals surface area contributed by atoms with E-state index in [1.165, 1.54) is 6.07 Å². The lowest BCUT2D eigenvalue weighted by molar-refractivity contribution is 0.544. The van der Waals surface area contributed by atoms with Gasteiger partial charge in [0.2, 0.25) is 0 Å². The highest BCUT2D eigenvalue weighted by molar-refractivity contribution is 9.10. The van der Waals surface area contributed by atoms with Crippen molar-refractivity contribution in [2.75, 3.05) is 4.90 Å². The fraction of sp³-hybridized carbons (Fsp3) is 0.120. The first-order valence-electron chi connectivity index (χ1n) is 10.2. The van der Waals surface area contributed by atoms with Crippen LogP contribution in [0.4, 0.5) is 10.1 Å². The lowest BCUT2D eigenvalue weighted by Gasteiger charge is -2.29. The van der Waals surface area contributed by atoms with Crippen LogP contribution < -0.4 is 10.2 Å². The number of para-hydroxylation sites is 1. The number of nitrogens with zero attached hydrogens (tertiary/aromatic N) is 3. The van der Waals surface area contributed by atoms with Gasteiger partial charge in [0.25, 0.3) is 0 Å². The maximum atomic E-state index is 14.7. The number of halogens is 2. The largest absolute Gasteiger partial charge is 0.351 e. The van der Waals surface area contributed by atoms with Crippen LogP contribution in [0.1, 0.15) is 29.0 Å². The monoisotopic (exact) mass is 506 g/mol. The first-order valence-corrected chi connectivity index (χ1v) is 11.4. The maximum Gasteiger partial charge on any atom is 0.174 e. The number of anilines is 1. The summed E-state index contributed by atoms with van der Waals surface area (Å²) in [4.78, 5) is 6.69. The summed E-state index contributed by atoms with van der Waals surface area (Å²) in [5.41, 5.74) is 4.36. The summed E-state index contributed by atoms with van der Waals surface area (Å²) in [6.07, 6.45) is 3.66. The SMILES string of the molecule is Cc1cc(N2C(=S)NC(c3ccccn3)C2c2cccn2-c2ccccc2F)ccc1Br. The molecule has 4 aromatic rings. The Morgan fingerprint density at radius 2 is 1.84 bits per heavy atom. The molecule has 0 amide bonds. The Labute approximate surface area is 199 Å². The fourth-order valence-corrected chi connectivity index (χ4v) is 4.81. The normalized spacial score (nSPS) is 18.1. The molecule has 0 bridgehead atoms. The molecule has 2 atom stereocenters. The van der Waals surface area contributed by atoms with Crippen molar-refractivity contribution in [3.8, 4) is 5.69 Å². The van der Waals surface area contributed by atoms with Gasteiger partial charge < -0.3 is 14.8 Å². The van der Waals surface area contributed by atoms with E-state index in [1.54, 1.807) is 18.3 Å². The minimum atomic E-state index is -0.279. The molecule has 32 heavy (non-hydrogen) atoms. The number of aryl methyl sites for hydroxylation is 1. The summed E-state index contributed by atoms with van der Waals surface area (Å²) in [5.74, 6) is -0.279. The summed E-state index contributed by atoms with van der Waals surface area (Å²) >= 11 is 9.39. The number of benzene rings is 2. The number of thiocarbonyl (C=S) groups is 1. The molecule has 0 spiro atoms. The second-order valence-corrected chi connectivity index (χ2v) is 8.93. The van der Waals surface area contributed by atoms with Crippen molar-refractivity contribution < 1.29 is 4.39 Å². The molecular weight excluding hydrogens is 487 g/mol. The number of rotatable bonds is 4. The second-order valence-electron chi connectivity index (χ2n) is 7.68. The Kier molecular flexibility index (Phi) is 5.53. The predicted molar refractivity (Wildman–Crippen MR) is 133 cm³/mol. The lowest BCUT2D eigenvalue weighted by atomic mass is 10.0. The van der Waals surface area contributed by atoms with E-state index in [4.69, 9.17) is 12.2 Å². The van der Waals surface area contributed by atoms with E-state index in [2.05, 4.69) is 37.2 Å². The summed E-state index contributed by atoms with van der Waals surface area (Å²) in [6.45, 7) is 2.05. The summed E-state index contributed by atoms with van der Waals surface area (Å²) in [6, 6.07) is 22.3. The molecule has 2 aromatic carbocycles. The molecule has 1 aliphatic rings. The first kappa shape index (κ1) is 20.8. The van der Waals surface area contributed by atoms with Crippen molar-refractivity contribution in [2.45, 2.75) is 19.0 Å². The molecule has 2 aromatic heterocycles. The third kappa shape index (κ3) is 3.61. The average molecular weight is 507 g/mol. The van der Waals surface area contributed by atoms with Gasteiger partial charge in [0, 0.05) is 28.2 Å². The van der Waals surface area contributed by atoms with E-state index in [-0.39, 0.29) is 17.9 Å². The van der Waals surface area contributed by atoms with Gasteiger partial charge in [0.05, 0.1) is 17.4 Å². The van der Waals surface area contributed by atoms with Gasteiger partial charge in [0.15, 0.2) is 5.11 Å². The molecule has 0 aliphatic carbocycles. The zero-order valence-electron chi connectivity index (χ0n) is 17.2. The van der Waals surface area contributed by atoms with Crippen LogP contribution in [0.5, 0.6) is 0 Å². The van der Waals surface area contributed by atoms with Gasteiger partial charge in [-0.2, -0.15) is 0 Å². The topological polar surface area (TPSA) is 33.1 Å². The Balaban J connectivity index is 1.69. The van der Waals surface area contributed by atoms with Gasteiger partial charge in [-0.05, 0) is 79.3 Å². The highest BCUT2D eigenvalue weighted by Crippen LogP contribution is 2.43. The Hall–Kier alpha value is -3.03. The van der Waals surface area contributed by atoms with Gasteiger partial charge in [0.1, 0.15) is 11.9 Å². The Morgan fingerprint density at radius 1 is 1.03 bits per heavy atom. The zero-order chi connectivity index (χ0) is 22.2. The minimum Gasteiger partial charge on any atom is -0.351 e. The minimum absolute atomic E-state index is 0.201. The molecule has 1 saturated heterocycles. The quantitative estimate of drug-likeness (QED) is 0.331. The van der Waals surface area contributed by atoms with E-state index in [0.29, 0.717) is 10.8 Å². The number of hydrogen-bond acceptors (Lipinski definition) is 2. The summed E-state index contributed by atoms with van der Waals surface area (Å²) in [5, 5.41) is 4.07. The molecule has 0 saturated carbocycles. The number of aromatic nitrogens is 2. The van der Waals surface area contributed by atoms with Crippen LogP contribution in [-0.2, 0) is 0 Å². The van der Waals surface area contributed by atoms with Crippen LogP contribution in [0, 0.1) is 12.7 Å². The van der Waals surface area contributed by atoms with Crippen LogP contribution in [0.15, 0.2) is 89.7 Å². The standard InChI is InChI=1S/C25H20BrFN4S/c1-16-15-17(11-12-18(16)26)31-24(23(29-25(31)32)20-8-4-5-13-28-20)22-10-6-14-30(22)21-9-3-2-7-19(21)27/h2-15,23-24H,1H3,(H,29,32). The summed E-state index contributed by atoms with van der Waals surface area (Å²) in [7, 11) is 0. The van der Waals surface area contributed by atoms with Crippen molar-refractivity contribution >= 4 is 38.9 Å². The molecule has 1 aliphatic heterocycles. The van der Waals surface area contributed by atoms with E-state index >= 15 is 0 Å². The van der Waals surface area contributed by atoms with Gasteiger partial charge >= 0.3 is 0 Å². The number of hydrogen-bond donors (Lipinski definition) is 1. The molecule has 0 radical (unpaired) electrons. The van der Waals surface area contributed by atoms with Crippen LogP contribution in [0.25, 0.3) is 5.69 Å². The van der Waals surface area contributed by atoms with Crippen molar-refractivity contribution in [3.63, 3.8) is 0 Å². The second kappa shape index (κ2) is 8.48. The van der Waals surface area contributed by atoms with E-state index in [1.807, 2.05) is 66.2 Å². The molecule has 5 rings (SSSR count). The van der Waals surface area contributed by atoms with E-state index in [9.17, 15) is 4.39 Å². The Bertz CT molecular complexity index is 1290. The van der Waals surface area contributed by atoms with Crippen molar-refractivity contribution in [1.82, 2.24) is 14.9 Å². The molecule has 3 heterocycles. The van der Waals surface area contributed by atoms with Crippen molar-refractivity contribution in [2.24, 2.45) is 0 Å². The Morgan fingerprint density at radius 3 is 2.59 bits per heavy atom.